The van der Waals surface area contributed by atoms with Crippen LogP contribution in [0.15, 0.2) is 18.3 Å². The molecule has 2 aliphatic rings. The Morgan fingerprint density at radius 2 is 2.20 bits per heavy atom. The summed E-state index contributed by atoms with van der Waals surface area (Å²) < 4.78 is 1.79. The Kier molecular flexibility index (Phi) is 3.13. The lowest BCUT2D eigenvalue weighted by molar-refractivity contribution is 0.0388. The minimum Gasteiger partial charge on any atom is -0.394 e. The molecule has 0 aromatic carbocycles. The van der Waals surface area contributed by atoms with Crippen LogP contribution in [0.3, 0.4) is 0 Å². The molecule has 3 heterocycles. The van der Waals surface area contributed by atoms with E-state index in [0.29, 0.717) is 25.3 Å². The maximum Gasteiger partial charge on any atom is 0.318 e. The van der Waals surface area contributed by atoms with Gasteiger partial charge in [-0.05, 0) is 12.1 Å². The summed E-state index contributed by atoms with van der Waals surface area (Å²) in [5.74, 6) is -0.00735. The normalized spacial score (nSPS) is 22.9. The quantitative estimate of drug-likeness (QED) is 0.762. The summed E-state index contributed by atoms with van der Waals surface area (Å²) in [7, 11) is 1.84. The van der Waals surface area contributed by atoms with Crippen molar-refractivity contribution in [2.24, 2.45) is 7.05 Å². The number of aliphatic hydroxyl groups excluding tert-OH is 1. The summed E-state index contributed by atoms with van der Waals surface area (Å²) in [6, 6.07) is 3.33. The Labute approximate surface area is 116 Å². The molecule has 2 saturated heterocycles. The van der Waals surface area contributed by atoms with E-state index in [0.717, 1.165) is 0 Å². The van der Waals surface area contributed by atoms with Crippen molar-refractivity contribution in [1.29, 1.82) is 0 Å². The number of aryl methyl sites for hydroxylation is 1. The van der Waals surface area contributed by atoms with Crippen molar-refractivity contribution < 1.29 is 14.7 Å². The van der Waals surface area contributed by atoms with Gasteiger partial charge in [-0.3, -0.25) is 4.79 Å². The number of aromatic nitrogens is 1. The highest BCUT2D eigenvalue weighted by Crippen LogP contribution is 2.20. The Morgan fingerprint density at radius 1 is 1.45 bits per heavy atom. The lowest BCUT2D eigenvalue weighted by Gasteiger charge is -2.43. The zero-order chi connectivity index (χ0) is 14.3. The highest BCUT2D eigenvalue weighted by atomic mass is 16.3. The minimum absolute atomic E-state index is 0.00735. The number of urea groups is 1. The second-order valence-electron chi connectivity index (χ2n) is 5.35. The Balaban J connectivity index is 1.58. The lowest BCUT2D eigenvalue weighted by atomic mass is 10.1. The van der Waals surface area contributed by atoms with Crippen molar-refractivity contribution in [3.8, 4) is 0 Å². The predicted molar refractivity (Wildman–Crippen MR) is 71.2 cm³/mol. The Bertz CT molecular complexity index is 535. The highest BCUT2D eigenvalue weighted by Gasteiger charge is 2.41. The molecule has 20 heavy (non-hydrogen) atoms. The third-order valence-electron chi connectivity index (χ3n) is 3.98. The Hall–Kier alpha value is -2.02. The van der Waals surface area contributed by atoms with Gasteiger partial charge in [-0.15, -0.1) is 0 Å². The SMILES string of the molecule is Cn1cccc1C(=O)N1CC(N2CC(CO)NC2=O)C1. The molecule has 1 aromatic heterocycles. The first kappa shape index (κ1) is 13.0. The summed E-state index contributed by atoms with van der Waals surface area (Å²) in [6.07, 6.45) is 1.84. The number of hydrogen-bond donors (Lipinski definition) is 2. The fourth-order valence-electron chi connectivity index (χ4n) is 2.71. The van der Waals surface area contributed by atoms with Crippen LogP contribution in [-0.2, 0) is 7.05 Å². The van der Waals surface area contributed by atoms with Gasteiger partial charge in [0.15, 0.2) is 0 Å². The molecule has 7 nitrogen and oxygen atoms in total. The van der Waals surface area contributed by atoms with Crippen molar-refractivity contribution in [1.82, 2.24) is 19.7 Å². The summed E-state index contributed by atoms with van der Waals surface area (Å²) in [4.78, 5) is 27.4. The van der Waals surface area contributed by atoms with Crippen LogP contribution in [0, 0.1) is 0 Å². The van der Waals surface area contributed by atoms with E-state index in [1.54, 1.807) is 20.4 Å². The molecule has 3 rings (SSSR count). The number of rotatable bonds is 3. The van der Waals surface area contributed by atoms with Crippen LogP contribution in [0.4, 0.5) is 4.79 Å². The lowest BCUT2D eigenvalue weighted by Crippen LogP contribution is -2.61. The van der Waals surface area contributed by atoms with Crippen LogP contribution in [-0.4, -0.2) is 69.7 Å². The first-order valence-corrected chi connectivity index (χ1v) is 6.68. The second-order valence-corrected chi connectivity index (χ2v) is 5.35. The number of hydrogen-bond acceptors (Lipinski definition) is 3. The van der Waals surface area contributed by atoms with E-state index >= 15 is 0 Å². The number of nitrogens with zero attached hydrogens (tertiary/aromatic N) is 3. The summed E-state index contributed by atoms with van der Waals surface area (Å²) in [5.41, 5.74) is 0.655. The standard InChI is InChI=1S/C13H18N4O3/c1-15-4-2-3-11(15)12(19)16-6-10(7-16)17-5-9(8-18)14-13(17)20/h2-4,9-10,18H,5-8H2,1H3,(H,14,20). The van der Waals surface area contributed by atoms with Crippen molar-refractivity contribution >= 4 is 11.9 Å². The van der Waals surface area contributed by atoms with Gasteiger partial charge in [0.1, 0.15) is 5.69 Å². The molecule has 108 valence electrons. The molecule has 1 unspecified atom stereocenters. The maximum absolute atomic E-state index is 12.2. The largest absolute Gasteiger partial charge is 0.394 e. The van der Waals surface area contributed by atoms with Crippen LogP contribution >= 0.6 is 0 Å². The van der Waals surface area contributed by atoms with Gasteiger partial charge in [0, 0.05) is 32.9 Å². The molecule has 2 aliphatic heterocycles. The summed E-state index contributed by atoms with van der Waals surface area (Å²) in [6.45, 7) is 1.55. The first-order valence-electron chi connectivity index (χ1n) is 6.68. The van der Waals surface area contributed by atoms with E-state index in [2.05, 4.69) is 5.32 Å². The van der Waals surface area contributed by atoms with E-state index < -0.39 is 0 Å². The molecule has 3 amide bonds. The Morgan fingerprint density at radius 3 is 2.75 bits per heavy atom. The third-order valence-corrected chi connectivity index (χ3v) is 3.98. The van der Waals surface area contributed by atoms with Crippen molar-refractivity contribution in [2.75, 3.05) is 26.2 Å². The number of carbonyl (C=O) groups excluding carboxylic acids is 2. The molecule has 1 atom stereocenters. The maximum atomic E-state index is 12.2. The molecule has 0 spiro atoms. The molecular weight excluding hydrogens is 260 g/mol. The van der Waals surface area contributed by atoms with E-state index in [-0.39, 0.29) is 30.6 Å². The zero-order valence-corrected chi connectivity index (χ0v) is 11.3. The van der Waals surface area contributed by atoms with E-state index in [9.17, 15) is 9.59 Å². The van der Waals surface area contributed by atoms with Crippen LogP contribution < -0.4 is 5.32 Å². The molecule has 7 heteroatoms. The van der Waals surface area contributed by atoms with Crippen molar-refractivity contribution in [3.05, 3.63) is 24.0 Å². The molecule has 1 aromatic rings. The fourth-order valence-corrected chi connectivity index (χ4v) is 2.71. The van der Waals surface area contributed by atoms with E-state index in [1.807, 2.05) is 19.3 Å². The van der Waals surface area contributed by atoms with Crippen LogP contribution in [0.2, 0.25) is 0 Å². The third kappa shape index (κ3) is 2.03. The molecule has 0 saturated carbocycles. The van der Waals surface area contributed by atoms with Gasteiger partial charge in [0.25, 0.3) is 5.91 Å². The van der Waals surface area contributed by atoms with Gasteiger partial charge in [0.2, 0.25) is 0 Å². The number of carbonyl (C=O) groups is 2. The van der Waals surface area contributed by atoms with Crippen LogP contribution in [0.5, 0.6) is 0 Å². The molecule has 0 bridgehead atoms. The molecule has 0 aliphatic carbocycles. The van der Waals surface area contributed by atoms with Gasteiger partial charge >= 0.3 is 6.03 Å². The van der Waals surface area contributed by atoms with Crippen LogP contribution in [0.1, 0.15) is 10.5 Å². The average molecular weight is 278 g/mol. The monoisotopic (exact) mass is 278 g/mol. The van der Waals surface area contributed by atoms with Gasteiger partial charge < -0.3 is 24.8 Å². The number of amides is 3. The fraction of sp³-hybridized carbons (Fsp3) is 0.538. The number of likely N-dealkylation sites (tertiary alicyclic amines) is 1. The first-order chi connectivity index (χ1) is 9.60. The zero-order valence-electron chi connectivity index (χ0n) is 11.3. The van der Waals surface area contributed by atoms with Gasteiger partial charge in [-0.25, -0.2) is 4.79 Å². The second kappa shape index (κ2) is 4.82. The van der Waals surface area contributed by atoms with Gasteiger partial charge in [-0.1, -0.05) is 0 Å². The highest BCUT2D eigenvalue weighted by molar-refractivity contribution is 5.93. The topological polar surface area (TPSA) is 77.8 Å². The smallest absolute Gasteiger partial charge is 0.318 e. The van der Waals surface area contributed by atoms with E-state index in [1.165, 1.54) is 0 Å². The summed E-state index contributed by atoms with van der Waals surface area (Å²) >= 11 is 0. The summed E-state index contributed by atoms with van der Waals surface area (Å²) in [5, 5.41) is 11.8. The van der Waals surface area contributed by atoms with Gasteiger partial charge in [0.05, 0.1) is 18.7 Å². The van der Waals surface area contributed by atoms with Crippen molar-refractivity contribution in [3.63, 3.8) is 0 Å². The molecule has 2 N–H and O–H groups in total. The van der Waals surface area contributed by atoms with Crippen molar-refractivity contribution in [2.45, 2.75) is 12.1 Å². The average Bonchev–Trinajstić information content (AvgIpc) is 2.94. The number of aliphatic hydroxyl groups is 1. The minimum atomic E-state index is -0.194. The number of nitrogens with one attached hydrogen (secondary N) is 1. The molecular formula is C13H18N4O3. The van der Waals surface area contributed by atoms with Gasteiger partial charge in [-0.2, -0.15) is 0 Å². The molecule has 0 radical (unpaired) electrons. The molecule has 2 fully saturated rings. The van der Waals surface area contributed by atoms with Crippen LogP contribution in [0.25, 0.3) is 0 Å². The van der Waals surface area contributed by atoms with E-state index in [4.69, 9.17) is 5.11 Å². The predicted octanol–water partition coefficient (Wildman–Crippen LogP) is -0.764.